The standard InChI is InChI=1S/C14H15N3O3S/c15-7-12-17-11(8-21-12)14(20)16-10-3-1-2-9(6-10)4-5-13(18)19/h1-3,6,8H,4-5,7,15H2,(H,16,20)(H,18,19). The van der Waals surface area contributed by atoms with Gasteiger partial charge in [0, 0.05) is 24.0 Å². The summed E-state index contributed by atoms with van der Waals surface area (Å²) in [6.07, 6.45) is 0.483. The normalized spacial score (nSPS) is 10.3. The summed E-state index contributed by atoms with van der Waals surface area (Å²) in [6.45, 7) is 0.308. The highest BCUT2D eigenvalue weighted by Gasteiger charge is 2.10. The number of benzene rings is 1. The quantitative estimate of drug-likeness (QED) is 0.755. The predicted octanol–water partition coefficient (Wildman–Crippen LogP) is 1.87. The number of carboxylic acids is 1. The van der Waals surface area contributed by atoms with Crippen molar-refractivity contribution in [3.05, 3.63) is 45.9 Å². The molecule has 0 saturated carbocycles. The van der Waals surface area contributed by atoms with E-state index in [4.69, 9.17) is 10.8 Å². The van der Waals surface area contributed by atoms with E-state index in [0.29, 0.717) is 29.4 Å². The van der Waals surface area contributed by atoms with Gasteiger partial charge in [0.15, 0.2) is 0 Å². The molecule has 0 fully saturated rings. The van der Waals surface area contributed by atoms with Crippen LogP contribution in [-0.4, -0.2) is 22.0 Å². The molecule has 2 aromatic rings. The summed E-state index contributed by atoms with van der Waals surface area (Å²) in [7, 11) is 0. The maximum absolute atomic E-state index is 12.0. The van der Waals surface area contributed by atoms with E-state index in [9.17, 15) is 9.59 Å². The Morgan fingerprint density at radius 2 is 2.19 bits per heavy atom. The minimum atomic E-state index is -0.846. The van der Waals surface area contributed by atoms with Gasteiger partial charge in [-0.2, -0.15) is 0 Å². The zero-order valence-corrected chi connectivity index (χ0v) is 12.0. The summed E-state index contributed by atoms with van der Waals surface area (Å²) < 4.78 is 0. The first kappa shape index (κ1) is 15.1. The number of amides is 1. The van der Waals surface area contributed by atoms with Crippen LogP contribution in [0.4, 0.5) is 5.69 Å². The minimum Gasteiger partial charge on any atom is -0.481 e. The molecule has 0 atom stereocenters. The van der Waals surface area contributed by atoms with Crippen LogP contribution >= 0.6 is 11.3 Å². The van der Waals surface area contributed by atoms with E-state index in [1.807, 2.05) is 6.07 Å². The van der Waals surface area contributed by atoms with Gasteiger partial charge in [-0.3, -0.25) is 9.59 Å². The van der Waals surface area contributed by atoms with Crippen molar-refractivity contribution >= 4 is 28.9 Å². The highest BCUT2D eigenvalue weighted by Crippen LogP contribution is 2.15. The molecule has 0 unspecified atom stereocenters. The van der Waals surface area contributed by atoms with Crippen LogP contribution in [0.2, 0.25) is 0 Å². The second kappa shape index (κ2) is 6.96. The summed E-state index contributed by atoms with van der Waals surface area (Å²) in [5.41, 5.74) is 7.27. The topological polar surface area (TPSA) is 105 Å². The number of anilines is 1. The van der Waals surface area contributed by atoms with E-state index in [1.165, 1.54) is 11.3 Å². The van der Waals surface area contributed by atoms with E-state index in [2.05, 4.69) is 10.3 Å². The number of thiazole rings is 1. The molecule has 4 N–H and O–H groups in total. The zero-order chi connectivity index (χ0) is 15.2. The Labute approximate surface area is 125 Å². The molecule has 0 aliphatic carbocycles. The van der Waals surface area contributed by atoms with Gasteiger partial charge >= 0.3 is 5.97 Å². The Morgan fingerprint density at radius 1 is 1.38 bits per heavy atom. The molecule has 0 radical (unpaired) electrons. The lowest BCUT2D eigenvalue weighted by Gasteiger charge is -2.05. The van der Waals surface area contributed by atoms with Gasteiger partial charge in [-0.15, -0.1) is 11.3 Å². The molecule has 21 heavy (non-hydrogen) atoms. The number of nitrogens with one attached hydrogen (secondary N) is 1. The first-order chi connectivity index (χ1) is 10.1. The van der Waals surface area contributed by atoms with Gasteiger partial charge in [0.1, 0.15) is 10.7 Å². The molecular weight excluding hydrogens is 290 g/mol. The third-order valence-corrected chi connectivity index (χ3v) is 3.64. The fraction of sp³-hybridized carbons (Fsp3) is 0.214. The van der Waals surface area contributed by atoms with Crippen molar-refractivity contribution in [2.45, 2.75) is 19.4 Å². The van der Waals surface area contributed by atoms with E-state index in [0.717, 1.165) is 5.56 Å². The minimum absolute atomic E-state index is 0.0589. The van der Waals surface area contributed by atoms with Gasteiger partial charge in [0.2, 0.25) is 0 Å². The van der Waals surface area contributed by atoms with Crippen molar-refractivity contribution in [1.82, 2.24) is 4.98 Å². The van der Waals surface area contributed by atoms with Gasteiger partial charge < -0.3 is 16.2 Å². The Hall–Kier alpha value is -2.25. The molecule has 0 bridgehead atoms. The number of aliphatic carboxylic acids is 1. The summed E-state index contributed by atoms with van der Waals surface area (Å²) in [5, 5.41) is 13.8. The van der Waals surface area contributed by atoms with Crippen molar-refractivity contribution < 1.29 is 14.7 Å². The average molecular weight is 305 g/mol. The van der Waals surface area contributed by atoms with Gasteiger partial charge in [-0.25, -0.2) is 4.98 Å². The zero-order valence-electron chi connectivity index (χ0n) is 11.2. The molecule has 6 nitrogen and oxygen atoms in total. The summed E-state index contributed by atoms with van der Waals surface area (Å²) in [6, 6.07) is 7.11. The van der Waals surface area contributed by atoms with E-state index in [1.54, 1.807) is 23.6 Å². The molecule has 1 aromatic carbocycles. The van der Waals surface area contributed by atoms with Crippen LogP contribution in [0.1, 0.15) is 27.5 Å². The molecule has 7 heteroatoms. The number of hydrogen-bond acceptors (Lipinski definition) is 5. The molecule has 1 aromatic heterocycles. The Balaban J connectivity index is 2.03. The third kappa shape index (κ3) is 4.37. The van der Waals surface area contributed by atoms with Crippen molar-refractivity contribution in [3.63, 3.8) is 0 Å². The lowest BCUT2D eigenvalue weighted by atomic mass is 10.1. The van der Waals surface area contributed by atoms with Gasteiger partial charge in [-0.05, 0) is 24.1 Å². The smallest absolute Gasteiger partial charge is 0.303 e. The molecule has 110 valence electrons. The Kier molecular flexibility index (Phi) is 5.02. The first-order valence-corrected chi connectivity index (χ1v) is 7.23. The van der Waals surface area contributed by atoms with Gasteiger partial charge in [0.05, 0.1) is 0 Å². The second-order valence-corrected chi connectivity index (χ2v) is 5.32. The molecule has 0 saturated heterocycles. The molecule has 2 rings (SSSR count). The van der Waals surface area contributed by atoms with Crippen molar-refractivity contribution in [3.8, 4) is 0 Å². The Bertz CT molecular complexity index is 654. The molecule has 1 amide bonds. The van der Waals surface area contributed by atoms with Crippen molar-refractivity contribution in [2.24, 2.45) is 5.73 Å². The lowest BCUT2D eigenvalue weighted by molar-refractivity contribution is -0.136. The number of rotatable bonds is 6. The second-order valence-electron chi connectivity index (χ2n) is 4.38. The average Bonchev–Trinajstić information content (AvgIpc) is 2.94. The maximum Gasteiger partial charge on any atom is 0.303 e. The van der Waals surface area contributed by atoms with Crippen LogP contribution in [0.25, 0.3) is 0 Å². The maximum atomic E-state index is 12.0. The lowest BCUT2D eigenvalue weighted by Crippen LogP contribution is -2.13. The summed E-state index contributed by atoms with van der Waals surface area (Å²) in [5.74, 6) is -1.15. The van der Waals surface area contributed by atoms with Crippen LogP contribution < -0.4 is 11.1 Å². The third-order valence-electron chi connectivity index (χ3n) is 2.77. The van der Waals surface area contributed by atoms with Crippen LogP contribution in [0, 0.1) is 0 Å². The number of carboxylic acid groups (broad SMARTS) is 1. The SMILES string of the molecule is NCc1nc(C(=O)Nc2cccc(CCC(=O)O)c2)cs1. The number of aryl methyl sites for hydroxylation is 1. The molecular formula is C14H15N3O3S. The fourth-order valence-corrected chi connectivity index (χ4v) is 2.41. The fourth-order valence-electron chi connectivity index (χ4n) is 1.76. The van der Waals surface area contributed by atoms with E-state index in [-0.39, 0.29) is 12.3 Å². The number of aromatic nitrogens is 1. The molecule has 0 spiro atoms. The van der Waals surface area contributed by atoms with E-state index >= 15 is 0 Å². The number of nitrogens with zero attached hydrogens (tertiary/aromatic N) is 1. The number of carbonyl (C=O) groups is 2. The van der Waals surface area contributed by atoms with Crippen LogP contribution in [0.3, 0.4) is 0 Å². The number of hydrogen-bond donors (Lipinski definition) is 3. The number of carbonyl (C=O) groups excluding carboxylic acids is 1. The highest BCUT2D eigenvalue weighted by atomic mass is 32.1. The van der Waals surface area contributed by atoms with Gasteiger partial charge in [-0.1, -0.05) is 12.1 Å². The first-order valence-electron chi connectivity index (χ1n) is 6.35. The monoisotopic (exact) mass is 305 g/mol. The van der Waals surface area contributed by atoms with Crippen LogP contribution in [-0.2, 0) is 17.8 Å². The molecule has 1 heterocycles. The Morgan fingerprint density at radius 3 is 2.86 bits per heavy atom. The summed E-state index contributed by atoms with van der Waals surface area (Å²) >= 11 is 1.34. The van der Waals surface area contributed by atoms with Crippen molar-refractivity contribution in [2.75, 3.05) is 5.32 Å². The number of nitrogens with two attached hydrogens (primary N) is 1. The highest BCUT2D eigenvalue weighted by molar-refractivity contribution is 7.09. The van der Waals surface area contributed by atoms with Crippen LogP contribution in [0.5, 0.6) is 0 Å². The van der Waals surface area contributed by atoms with E-state index < -0.39 is 5.97 Å². The molecule has 0 aliphatic rings. The van der Waals surface area contributed by atoms with Crippen molar-refractivity contribution in [1.29, 1.82) is 0 Å². The predicted molar refractivity (Wildman–Crippen MR) is 80.4 cm³/mol. The summed E-state index contributed by atoms with van der Waals surface area (Å²) in [4.78, 5) is 26.7. The van der Waals surface area contributed by atoms with Gasteiger partial charge in [0.25, 0.3) is 5.91 Å². The molecule has 0 aliphatic heterocycles. The van der Waals surface area contributed by atoms with Crippen LogP contribution in [0.15, 0.2) is 29.6 Å². The largest absolute Gasteiger partial charge is 0.481 e.